The van der Waals surface area contributed by atoms with E-state index >= 15 is 0 Å². The summed E-state index contributed by atoms with van der Waals surface area (Å²) < 4.78 is 50.7. The number of likely N-dealkylation sites (tertiary alicyclic amines) is 1. The molecular formula is C21H25F3N2O7. The van der Waals surface area contributed by atoms with Gasteiger partial charge < -0.3 is 24.4 Å². The predicted octanol–water partition coefficient (Wildman–Crippen LogP) is 3.39. The van der Waals surface area contributed by atoms with Gasteiger partial charge in [-0.25, -0.2) is 14.4 Å². The number of nitrogens with one attached hydrogen (secondary N) is 1. The Morgan fingerprint density at radius 1 is 0.939 bits per heavy atom. The molecule has 0 saturated carbocycles. The normalized spacial score (nSPS) is 14.4. The number of halogens is 3. The summed E-state index contributed by atoms with van der Waals surface area (Å²) in [6.07, 6.45) is -5.30. The molecule has 1 N–H and O–H groups in total. The predicted molar refractivity (Wildman–Crippen MR) is 109 cm³/mol. The lowest BCUT2D eigenvalue weighted by Crippen LogP contribution is -2.42. The molecule has 182 valence electrons. The Morgan fingerprint density at radius 3 is 1.91 bits per heavy atom. The molecule has 1 heterocycles. The third-order valence-electron chi connectivity index (χ3n) is 4.71. The van der Waals surface area contributed by atoms with Gasteiger partial charge in [0.25, 0.3) is 0 Å². The summed E-state index contributed by atoms with van der Waals surface area (Å²) in [6.45, 7) is 1.91. The molecule has 2 rings (SSSR count). The summed E-state index contributed by atoms with van der Waals surface area (Å²) in [7, 11) is 0. The van der Waals surface area contributed by atoms with Crippen LogP contribution in [-0.2, 0) is 19.0 Å². The first-order valence-corrected chi connectivity index (χ1v) is 10.3. The topological polar surface area (TPSA) is 111 Å². The molecule has 1 aromatic carbocycles. The van der Waals surface area contributed by atoms with Crippen molar-refractivity contribution in [2.45, 2.75) is 32.9 Å². The average Bonchev–Trinajstić information content (AvgIpc) is 2.77. The summed E-state index contributed by atoms with van der Waals surface area (Å²) in [4.78, 5) is 49.8. The molecule has 33 heavy (non-hydrogen) atoms. The maximum absolute atomic E-state index is 12.7. The lowest BCUT2D eigenvalue weighted by Gasteiger charge is -2.30. The van der Waals surface area contributed by atoms with E-state index in [2.05, 4.69) is 10.1 Å². The van der Waals surface area contributed by atoms with Gasteiger partial charge in [0, 0.05) is 24.7 Å². The van der Waals surface area contributed by atoms with Crippen molar-refractivity contribution in [3.8, 4) is 0 Å². The molecule has 1 aromatic rings. The van der Waals surface area contributed by atoms with Crippen molar-refractivity contribution in [3.63, 3.8) is 0 Å². The highest BCUT2D eigenvalue weighted by Crippen LogP contribution is 2.23. The molecule has 0 radical (unpaired) electrons. The number of benzene rings is 1. The summed E-state index contributed by atoms with van der Waals surface area (Å²) in [5, 5.41) is 2.64. The monoisotopic (exact) mass is 474 g/mol. The lowest BCUT2D eigenvalue weighted by molar-refractivity contribution is -0.162. The fourth-order valence-corrected chi connectivity index (χ4v) is 3.17. The first kappa shape index (κ1) is 25.9. The van der Waals surface area contributed by atoms with Gasteiger partial charge in [-0.2, -0.15) is 13.2 Å². The first-order valence-electron chi connectivity index (χ1n) is 10.3. The van der Waals surface area contributed by atoms with E-state index < -0.39 is 42.6 Å². The van der Waals surface area contributed by atoms with Crippen LogP contribution in [-0.4, -0.2) is 67.9 Å². The molecule has 0 spiro atoms. The smallest absolute Gasteiger partial charge is 0.422 e. The van der Waals surface area contributed by atoms with Gasteiger partial charge in [0.05, 0.1) is 24.3 Å². The summed E-state index contributed by atoms with van der Waals surface area (Å²) in [5.41, 5.74) is 0.292. The SMILES string of the molecule is CCOC(=O)c1cc(NC(=O)C2CCN(C(=O)OCC(F)(F)F)CC2)cc(C(=O)OCC)c1. The number of rotatable bonds is 7. The third kappa shape index (κ3) is 7.95. The van der Waals surface area contributed by atoms with Crippen LogP contribution in [0.3, 0.4) is 0 Å². The molecular weight excluding hydrogens is 449 g/mol. The molecule has 12 heteroatoms. The molecule has 0 aliphatic carbocycles. The van der Waals surface area contributed by atoms with E-state index in [4.69, 9.17) is 9.47 Å². The Labute approximate surface area is 188 Å². The van der Waals surface area contributed by atoms with Crippen LogP contribution in [0.15, 0.2) is 18.2 Å². The maximum Gasteiger partial charge on any atom is 0.422 e. The number of carbonyl (C=O) groups excluding carboxylic acids is 4. The van der Waals surface area contributed by atoms with Crippen molar-refractivity contribution in [3.05, 3.63) is 29.3 Å². The molecule has 2 amide bonds. The Bertz CT molecular complexity index is 845. The van der Waals surface area contributed by atoms with Gasteiger partial charge in [-0.1, -0.05) is 0 Å². The second-order valence-corrected chi connectivity index (χ2v) is 7.16. The minimum Gasteiger partial charge on any atom is -0.462 e. The number of ether oxygens (including phenoxy) is 3. The third-order valence-corrected chi connectivity index (χ3v) is 4.71. The molecule has 1 fully saturated rings. The number of hydrogen-bond donors (Lipinski definition) is 1. The van der Waals surface area contributed by atoms with Gasteiger partial charge in [-0.15, -0.1) is 0 Å². The lowest BCUT2D eigenvalue weighted by atomic mass is 9.96. The second-order valence-electron chi connectivity index (χ2n) is 7.16. The number of carbonyl (C=O) groups is 4. The van der Waals surface area contributed by atoms with E-state index in [1.54, 1.807) is 13.8 Å². The highest BCUT2D eigenvalue weighted by atomic mass is 19.4. The Balaban J connectivity index is 2.03. The summed E-state index contributed by atoms with van der Waals surface area (Å²) in [5.74, 6) is -2.31. The summed E-state index contributed by atoms with van der Waals surface area (Å²) >= 11 is 0. The number of anilines is 1. The zero-order chi connectivity index (χ0) is 24.6. The number of amides is 2. The molecule has 0 atom stereocenters. The van der Waals surface area contributed by atoms with Crippen LogP contribution in [0.4, 0.5) is 23.7 Å². The van der Waals surface area contributed by atoms with E-state index in [1.165, 1.54) is 18.2 Å². The van der Waals surface area contributed by atoms with Crippen LogP contribution in [0, 0.1) is 5.92 Å². The highest BCUT2D eigenvalue weighted by Gasteiger charge is 2.33. The van der Waals surface area contributed by atoms with Crippen molar-refractivity contribution in [2.24, 2.45) is 5.92 Å². The number of hydrogen-bond acceptors (Lipinski definition) is 7. The van der Waals surface area contributed by atoms with Gasteiger partial charge in [0.15, 0.2) is 6.61 Å². The van der Waals surface area contributed by atoms with Crippen molar-refractivity contribution in [1.82, 2.24) is 4.90 Å². The van der Waals surface area contributed by atoms with E-state index in [0.29, 0.717) is 0 Å². The van der Waals surface area contributed by atoms with Crippen molar-refractivity contribution in [1.29, 1.82) is 0 Å². The number of alkyl halides is 3. The quantitative estimate of drug-likeness (QED) is 0.476. The van der Waals surface area contributed by atoms with E-state index in [-0.39, 0.29) is 56.0 Å². The van der Waals surface area contributed by atoms with Crippen LogP contribution in [0.2, 0.25) is 0 Å². The molecule has 1 aliphatic heterocycles. The van der Waals surface area contributed by atoms with Crippen molar-refractivity contribution < 1.29 is 46.6 Å². The van der Waals surface area contributed by atoms with Gasteiger partial charge in [0.2, 0.25) is 5.91 Å². The molecule has 0 aromatic heterocycles. The zero-order valence-electron chi connectivity index (χ0n) is 18.2. The van der Waals surface area contributed by atoms with E-state index in [0.717, 1.165) is 4.90 Å². The molecule has 0 bridgehead atoms. The van der Waals surface area contributed by atoms with Crippen LogP contribution < -0.4 is 5.32 Å². The van der Waals surface area contributed by atoms with Gasteiger partial charge in [0.1, 0.15) is 0 Å². The van der Waals surface area contributed by atoms with Crippen LogP contribution in [0.25, 0.3) is 0 Å². The van der Waals surface area contributed by atoms with Gasteiger partial charge in [-0.05, 0) is 44.9 Å². The fourth-order valence-electron chi connectivity index (χ4n) is 3.17. The number of piperidine rings is 1. The van der Waals surface area contributed by atoms with Crippen LogP contribution in [0.5, 0.6) is 0 Å². The Morgan fingerprint density at radius 2 is 1.45 bits per heavy atom. The zero-order valence-corrected chi connectivity index (χ0v) is 18.2. The minimum atomic E-state index is -4.62. The van der Waals surface area contributed by atoms with E-state index in [1.807, 2.05) is 0 Å². The van der Waals surface area contributed by atoms with Crippen LogP contribution in [0.1, 0.15) is 47.4 Å². The maximum atomic E-state index is 12.7. The average molecular weight is 474 g/mol. The molecule has 9 nitrogen and oxygen atoms in total. The van der Waals surface area contributed by atoms with Gasteiger partial charge >= 0.3 is 24.2 Å². The number of nitrogens with zero attached hydrogens (tertiary/aromatic N) is 1. The van der Waals surface area contributed by atoms with Gasteiger partial charge in [-0.3, -0.25) is 4.79 Å². The van der Waals surface area contributed by atoms with E-state index in [9.17, 15) is 32.3 Å². The summed E-state index contributed by atoms with van der Waals surface area (Å²) in [6, 6.07) is 4.03. The highest BCUT2D eigenvalue weighted by molar-refractivity contribution is 6.00. The van der Waals surface area contributed by atoms with Crippen molar-refractivity contribution >= 4 is 29.6 Å². The largest absolute Gasteiger partial charge is 0.462 e. The van der Waals surface area contributed by atoms with Crippen molar-refractivity contribution in [2.75, 3.05) is 38.2 Å². The number of esters is 2. The fraction of sp³-hybridized carbons (Fsp3) is 0.524. The van der Waals surface area contributed by atoms with Crippen LogP contribution >= 0.6 is 0 Å². The standard InChI is InChI=1S/C21H25F3N2O7/c1-3-31-18(28)14-9-15(19(29)32-4-2)11-16(10-14)25-17(27)13-5-7-26(8-6-13)20(30)33-12-21(22,23)24/h9-11,13H,3-8,12H2,1-2H3,(H,25,27). The first-order chi connectivity index (χ1) is 15.5. The molecule has 1 saturated heterocycles. The molecule has 0 unspecified atom stereocenters. The minimum absolute atomic E-state index is 0.0473. The molecule has 1 aliphatic rings. The second kappa shape index (κ2) is 11.5. The Kier molecular flexibility index (Phi) is 9.06. The Hall–Kier alpha value is -3.31.